The van der Waals surface area contributed by atoms with Gasteiger partial charge in [0, 0.05) is 0 Å². The molecule has 0 fully saturated rings. The summed E-state index contributed by atoms with van der Waals surface area (Å²) >= 11 is 0. The molecule has 80 valence electrons. The molecule has 0 saturated carbocycles. The van der Waals surface area contributed by atoms with Crippen LogP contribution >= 0.6 is 0 Å². The van der Waals surface area contributed by atoms with E-state index in [9.17, 15) is 0 Å². The lowest BCUT2D eigenvalue weighted by Gasteiger charge is -2.23. The minimum Gasteiger partial charge on any atom is -0.380 e. The maximum Gasteiger partial charge on any atom is 0.242 e. The molecule has 6 heteroatoms. The van der Waals surface area contributed by atoms with Crippen molar-refractivity contribution in [3.63, 3.8) is 0 Å². The zero-order valence-electron chi connectivity index (χ0n) is 9.37. The van der Waals surface area contributed by atoms with Gasteiger partial charge >= 0.3 is 0 Å². The van der Waals surface area contributed by atoms with E-state index in [0.717, 1.165) is 6.04 Å². The van der Waals surface area contributed by atoms with Gasteiger partial charge < -0.3 is 13.3 Å². The van der Waals surface area contributed by atoms with Crippen molar-refractivity contribution >= 4 is 27.8 Å². The smallest absolute Gasteiger partial charge is 0.242 e. The van der Waals surface area contributed by atoms with Gasteiger partial charge in [-0.3, -0.25) is 0 Å². The average molecular weight is 239 g/mol. The second kappa shape index (κ2) is 7.89. The molecule has 3 nitrogen and oxygen atoms in total. The molecule has 0 aliphatic carbocycles. The van der Waals surface area contributed by atoms with Crippen molar-refractivity contribution in [2.24, 2.45) is 0 Å². The highest BCUT2D eigenvalue weighted by atomic mass is 28.3. The molecule has 0 bridgehead atoms. The van der Waals surface area contributed by atoms with Crippen LogP contribution < -0.4 is 0 Å². The summed E-state index contributed by atoms with van der Waals surface area (Å²) in [6.07, 6.45) is 0. The first kappa shape index (κ1) is 13.5. The zero-order valence-corrected chi connectivity index (χ0v) is 13.1. The molecule has 0 aliphatic rings. The van der Waals surface area contributed by atoms with Gasteiger partial charge in [-0.05, 0) is 32.2 Å². The third-order valence-corrected chi connectivity index (χ3v) is 3.67. The molecule has 0 amide bonds. The van der Waals surface area contributed by atoms with E-state index in [1.807, 2.05) is 0 Å². The van der Waals surface area contributed by atoms with E-state index in [1.165, 1.54) is 0 Å². The molecule has 0 radical (unpaired) electrons. The normalized spacial score (nSPS) is 12.9. The molecular formula is C7H22O3Si3. The van der Waals surface area contributed by atoms with Crippen LogP contribution in [0.5, 0.6) is 0 Å². The molecule has 0 atom stereocenters. The Labute approximate surface area is 87.2 Å². The highest BCUT2D eigenvalue weighted by molar-refractivity contribution is 6.49. The van der Waals surface area contributed by atoms with Crippen LogP contribution in [0.3, 0.4) is 0 Å². The maximum atomic E-state index is 5.63. The number of hydrogen-bond acceptors (Lipinski definition) is 3. The highest BCUT2D eigenvalue weighted by Gasteiger charge is 2.13. The summed E-state index contributed by atoms with van der Waals surface area (Å²) < 4.78 is 16.8. The second-order valence-electron chi connectivity index (χ2n) is 3.53. The number of hydrogen-bond donors (Lipinski definition) is 0. The fourth-order valence-corrected chi connectivity index (χ4v) is 2.97. The highest BCUT2D eigenvalue weighted by Crippen LogP contribution is 2.02. The number of rotatable bonds is 7. The van der Waals surface area contributed by atoms with Crippen LogP contribution in [0.25, 0.3) is 0 Å². The van der Waals surface area contributed by atoms with E-state index < -0.39 is 27.8 Å². The zero-order chi connectivity index (χ0) is 10.3. The van der Waals surface area contributed by atoms with Gasteiger partial charge in [0.25, 0.3) is 0 Å². The van der Waals surface area contributed by atoms with Crippen molar-refractivity contribution in [1.82, 2.24) is 0 Å². The molecule has 0 rings (SSSR count). The molecule has 0 aromatic carbocycles. The molecule has 0 spiro atoms. The summed E-state index contributed by atoms with van der Waals surface area (Å²) in [5.74, 6) is 0. The van der Waals surface area contributed by atoms with Gasteiger partial charge in [0.15, 0.2) is 27.8 Å². The van der Waals surface area contributed by atoms with Gasteiger partial charge in [-0.25, -0.2) is 0 Å². The fraction of sp³-hybridized carbons (Fsp3) is 1.00. The molecule has 0 aliphatic heterocycles. The van der Waals surface area contributed by atoms with Crippen LogP contribution in [0, 0.1) is 0 Å². The Morgan fingerprint density at radius 2 is 1.54 bits per heavy atom. The van der Waals surface area contributed by atoms with Crippen molar-refractivity contribution in [1.29, 1.82) is 0 Å². The van der Waals surface area contributed by atoms with Crippen LogP contribution in [0.2, 0.25) is 32.2 Å². The molecule has 0 saturated heterocycles. The topological polar surface area (TPSA) is 27.7 Å². The average Bonchev–Trinajstić information content (AvgIpc) is 1.98. The van der Waals surface area contributed by atoms with Crippen LogP contribution in [0.15, 0.2) is 0 Å². The molecule has 0 N–H and O–H groups in total. The standard InChI is InChI=1S/C7H22O3Si3/c1-6-11-8-7(9-12(2)3)10-13(4)5/h7,12-13H,6,11H2,1-5H3. The van der Waals surface area contributed by atoms with Crippen molar-refractivity contribution in [2.75, 3.05) is 0 Å². The Morgan fingerprint density at radius 3 is 1.85 bits per heavy atom. The molecule has 13 heavy (non-hydrogen) atoms. The predicted octanol–water partition coefficient (Wildman–Crippen LogP) is 0.809. The fourth-order valence-electron chi connectivity index (χ4n) is 0.769. The Morgan fingerprint density at radius 1 is 1.08 bits per heavy atom. The Hall–Kier alpha value is 0.531. The summed E-state index contributed by atoms with van der Waals surface area (Å²) in [6.45, 7) is 10.3. The van der Waals surface area contributed by atoms with Gasteiger partial charge in [0.1, 0.15) is 0 Å². The van der Waals surface area contributed by atoms with Crippen molar-refractivity contribution < 1.29 is 13.3 Å². The summed E-state index contributed by atoms with van der Waals surface area (Å²) in [5, 5.41) is 0. The van der Waals surface area contributed by atoms with Gasteiger partial charge in [0.05, 0.1) is 0 Å². The molecular weight excluding hydrogens is 216 g/mol. The largest absolute Gasteiger partial charge is 0.380 e. The van der Waals surface area contributed by atoms with Crippen LogP contribution in [-0.4, -0.2) is 34.3 Å². The van der Waals surface area contributed by atoms with Crippen LogP contribution in [0.4, 0.5) is 0 Å². The third-order valence-electron chi connectivity index (χ3n) is 1.22. The minimum absolute atomic E-state index is 0.329. The van der Waals surface area contributed by atoms with Crippen molar-refractivity contribution in [3.8, 4) is 0 Å². The van der Waals surface area contributed by atoms with E-state index >= 15 is 0 Å². The maximum absolute atomic E-state index is 5.63. The summed E-state index contributed by atoms with van der Waals surface area (Å²) in [7, 11) is -2.49. The third kappa shape index (κ3) is 8.85. The van der Waals surface area contributed by atoms with Crippen LogP contribution in [0.1, 0.15) is 6.92 Å². The lowest BCUT2D eigenvalue weighted by molar-refractivity contribution is -0.145. The van der Waals surface area contributed by atoms with Gasteiger partial charge in [-0.1, -0.05) is 6.92 Å². The molecule has 0 aromatic rings. The first-order valence-corrected chi connectivity index (χ1v) is 12.1. The van der Waals surface area contributed by atoms with Crippen molar-refractivity contribution in [3.05, 3.63) is 0 Å². The Kier molecular flexibility index (Phi) is 8.21. The Balaban J connectivity index is 3.73. The monoisotopic (exact) mass is 238 g/mol. The second-order valence-corrected chi connectivity index (χ2v) is 10.0. The van der Waals surface area contributed by atoms with Gasteiger partial charge in [0.2, 0.25) is 6.48 Å². The minimum atomic E-state index is -1.04. The molecule has 0 heterocycles. The lowest BCUT2D eigenvalue weighted by atomic mass is 11.0. The Bertz CT molecular complexity index is 112. The quantitative estimate of drug-likeness (QED) is 0.485. The summed E-state index contributed by atoms with van der Waals surface area (Å²) in [6, 6.07) is 1.14. The summed E-state index contributed by atoms with van der Waals surface area (Å²) in [4.78, 5) is 0. The van der Waals surface area contributed by atoms with Crippen LogP contribution in [-0.2, 0) is 13.3 Å². The van der Waals surface area contributed by atoms with Gasteiger partial charge in [-0.15, -0.1) is 0 Å². The van der Waals surface area contributed by atoms with E-state index in [-0.39, 0.29) is 6.48 Å². The van der Waals surface area contributed by atoms with Gasteiger partial charge in [-0.2, -0.15) is 0 Å². The van der Waals surface area contributed by atoms with Crippen molar-refractivity contribution in [2.45, 2.75) is 45.6 Å². The lowest BCUT2D eigenvalue weighted by Crippen LogP contribution is -2.31. The predicted molar refractivity (Wildman–Crippen MR) is 63.8 cm³/mol. The summed E-state index contributed by atoms with van der Waals surface area (Å²) in [5.41, 5.74) is 0. The van der Waals surface area contributed by atoms with E-state index in [1.54, 1.807) is 0 Å². The molecule has 0 aromatic heterocycles. The first-order valence-electron chi connectivity index (χ1n) is 4.98. The van der Waals surface area contributed by atoms with E-state index in [0.29, 0.717) is 0 Å². The SMILES string of the molecule is CC[SiH2]OC(O[SiH](C)C)O[SiH](C)C. The van der Waals surface area contributed by atoms with E-state index in [4.69, 9.17) is 13.3 Å². The first-order chi connectivity index (χ1) is 6.06. The van der Waals surface area contributed by atoms with E-state index in [2.05, 4.69) is 33.1 Å². The molecule has 0 unspecified atom stereocenters.